The van der Waals surface area contributed by atoms with E-state index in [1.807, 2.05) is 18.2 Å². The molecule has 0 saturated heterocycles. The molecular formula is C14H19NO3. The molecule has 0 aliphatic carbocycles. The number of hydrogen-bond donors (Lipinski definition) is 1. The van der Waals surface area contributed by atoms with Gasteiger partial charge in [-0.15, -0.1) is 0 Å². The second-order valence-electron chi connectivity index (χ2n) is 4.47. The van der Waals surface area contributed by atoms with Crippen LogP contribution < -0.4 is 10.1 Å². The SMILES string of the molecule is COc1ccc(CNC(=O)C(C)=O)cc1C(C)C. The van der Waals surface area contributed by atoms with Gasteiger partial charge in [0.05, 0.1) is 7.11 Å². The number of hydrogen-bond acceptors (Lipinski definition) is 3. The molecule has 1 rings (SSSR count). The monoisotopic (exact) mass is 249 g/mol. The Hall–Kier alpha value is -1.84. The highest BCUT2D eigenvalue weighted by Gasteiger charge is 2.10. The molecule has 0 bridgehead atoms. The molecule has 4 nitrogen and oxygen atoms in total. The molecule has 0 spiro atoms. The lowest BCUT2D eigenvalue weighted by Crippen LogP contribution is -2.28. The van der Waals surface area contributed by atoms with Gasteiger partial charge in [0.1, 0.15) is 5.75 Å². The Morgan fingerprint density at radius 2 is 2.00 bits per heavy atom. The fraction of sp³-hybridized carbons (Fsp3) is 0.429. The largest absolute Gasteiger partial charge is 0.496 e. The number of rotatable bonds is 5. The van der Waals surface area contributed by atoms with Gasteiger partial charge in [-0.25, -0.2) is 0 Å². The number of benzene rings is 1. The number of ketones is 1. The van der Waals surface area contributed by atoms with E-state index in [0.29, 0.717) is 12.5 Å². The summed E-state index contributed by atoms with van der Waals surface area (Å²) in [5.41, 5.74) is 2.04. The molecule has 1 amide bonds. The summed E-state index contributed by atoms with van der Waals surface area (Å²) >= 11 is 0. The lowest BCUT2D eigenvalue weighted by atomic mass is 9.99. The van der Waals surface area contributed by atoms with Crippen LogP contribution in [-0.4, -0.2) is 18.8 Å². The van der Waals surface area contributed by atoms with E-state index in [1.54, 1.807) is 7.11 Å². The lowest BCUT2D eigenvalue weighted by Gasteiger charge is -2.13. The van der Waals surface area contributed by atoms with Gasteiger partial charge in [0.25, 0.3) is 5.91 Å². The molecule has 4 heteroatoms. The molecule has 98 valence electrons. The Morgan fingerprint density at radius 3 is 2.50 bits per heavy atom. The Bertz CT molecular complexity index is 452. The minimum atomic E-state index is -0.558. The summed E-state index contributed by atoms with van der Waals surface area (Å²) < 4.78 is 5.28. The summed E-state index contributed by atoms with van der Waals surface area (Å²) in [7, 11) is 1.64. The van der Waals surface area contributed by atoms with Crippen molar-refractivity contribution in [2.75, 3.05) is 7.11 Å². The van der Waals surface area contributed by atoms with E-state index in [1.165, 1.54) is 6.92 Å². The molecule has 0 aliphatic rings. The van der Waals surface area contributed by atoms with Gasteiger partial charge in [-0.1, -0.05) is 26.0 Å². The van der Waals surface area contributed by atoms with Crippen molar-refractivity contribution in [3.63, 3.8) is 0 Å². The Morgan fingerprint density at radius 1 is 1.33 bits per heavy atom. The van der Waals surface area contributed by atoms with Crippen molar-refractivity contribution in [1.82, 2.24) is 5.32 Å². The van der Waals surface area contributed by atoms with Crippen LogP contribution in [0.4, 0.5) is 0 Å². The molecule has 1 N–H and O–H groups in total. The summed E-state index contributed by atoms with van der Waals surface area (Å²) in [4.78, 5) is 22.0. The summed E-state index contributed by atoms with van der Waals surface area (Å²) in [6, 6.07) is 5.75. The summed E-state index contributed by atoms with van der Waals surface area (Å²) in [5, 5.41) is 2.57. The van der Waals surface area contributed by atoms with Crippen LogP contribution in [0.1, 0.15) is 37.8 Å². The molecule has 0 unspecified atom stereocenters. The first-order chi connectivity index (χ1) is 8.45. The predicted molar refractivity (Wildman–Crippen MR) is 69.6 cm³/mol. The second-order valence-corrected chi connectivity index (χ2v) is 4.47. The average Bonchev–Trinajstić information content (AvgIpc) is 2.35. The number of amides is 1. The molecule has 0 fully saturated rings. The standard InChI is InChI=1S/C14H19NO3/c1-9(2)12-7-11(5-6-13(12)18-4)8-15-14(17)10(3)16/h5-7,9H,8H2,1-4H3,(H,15,17). The quantitative estimate of drug-likeness (QED) is 0.812. The zero-order valence-electron chi connectivity index (χ0n) is 11.2. The summed E-state index contributed by atoms with van der Waals surface area (Å²) in [6.07, 6.45) is 0. The Balaban J connectivity index is 2.82. The molecule has 0 heterocycles. The lowest BCUT2D eigenvalue weighted by molar-refractivity contribution is -0.136. The first-order valence-electron chi connectivity index (χ1n) is 5.91. The maximum absolute atomic E-state index is 11.2. The minimum Gasteiger partial charge on any atom is -0.496 e. The fourth-order valence-corrected chi connectivity index (χ4v) is 1.65. The number of Topliss-reactive ketones (excluding diaryl/α,β-unsaturated/α-hetero) is 1. The first kappa shape index (κ1) is 14.2. The summed E-state index contributed by atoms with van der Waals surface area (Å²) in [6.45, 7) is 5.76. The van der Waals surface area contributed by atoms with Crippen LogP contribution in [0.3, 0.4) is 0 Å². The highest BCUT2D eigenvalue weighted by Crippen LogP contribution is 2.27. The van der Waals surface area contributed by atoms with E-state index in [-0.39, 0.29) is 0 Å². The van der Waals surface area contributed by atoms with Crippen molar-refractivity contribution in [3.05, 3.63) is 29.3 Å². The van der Waals surface area contributed by atoms with Gasteiger partial charge in [-0.05, 0) is 23.1 Å². The number of methoxy groups -OCH3 is 1. The van der Waals surface area contributed by atoms with Crippen LogP contribution >= 0.6 is 0 Å². The van der Waals surface area contributed by atoms with E-state index < -0.39 is 11.7 Å². The molecular weight excluding hydrogens is 230 g/mol. The van der Waals surface area contributed by atoms with Crippen molar-refractivity contribution in [3.8, 4) is 5.75 Å². The molecule has 1 aromatic rings. The molecule has 0 radical (unpaired) electrons. The third-order valence-electron chi connectivity index (χ3n) is 2.69. The van der Waals surface area contributed by atoms with Gasteiger partial charge in [-0.2, -0.15) is 0 Å². The van der Waals surface area contributed by atoms with Gasteiger partial charge in [0.2, 0.25) is 5.78 Å². The molecule has 18 heavy (non-hydrogen) atoms. The third-order valence-corrected chi connectivity index (χ3v) is 2.69. The van der Waals surface area contributed by atoms with Crippen LogP contribution in [0.25, 0.3) is 0 Å². The van der Waals surface area contributed by atoms with Crippen molar-refractivity contribution in [2.24, 2.45) is 0 Å². The number of carbonyl (C=O) groups is 2. The van der Waals surface area contributed by atoms with E-state index in [2.05, 4.69) is 19.2 Å². The van der Waals surface area contributed by atoms with Crippen molar-refractivity contribution in [2.45, 2.75) is 33.2 Å². The van der Waals surface area contributed by atoms with Crippen LogP contribution in [0, 0.1) is 0 Å². The zero-order valence-corrected chi connectivity index (χ0v) is 11.2. The third kappa shape index (κ3) is 3.58. The van der Waals surface area contributed by atoms with Crippen molar-refractivity contribution in [1.29, 1.82) is 0 Å². The van der Waals surface area contributed by atoms with Gasteiger partial charge in [0, 0.05) is 13.5 Å². The van der Waals surface area contributed by atoms with Crippen LogP contribution in [0.2, 0.25) is 0 Å². The van der Waals surface area contributed by atoms with Gasteiger partial charge < -0.3 is 10.1 Å². The maximum Gasteiger partial charge on any atom is 0.287 e. The van der Waals surface area contributed by atoms with Crippen molar-refractivity contribution >= 4 is 11.7 Å². The van der Waals surface area contributed by atoms with E-state index in [4.69, 9.17) is 4.74 Å². The van der Waals surface area contributed by atoms with Crippen LogP contribution in [-0.2, 0) is 16.1 Å². The predicted octanol–water partition coefficient (Wildman–Crippen LogP) is 2.02. The highest BCUT2D eigenvalue weighted by molar-refractivity contribution is 6.35. The number of ether oxygens (including phenoxy) is 1. The second kappa shape index (κ2) is 6.19. The number of nitrogens with one attached hydrogen (secondary N) is 1. The first-order valence-corrected chi connectivity index (χ1v) is 5.91. The fourth-order valence-electron chi connectivity index (χ4n) is 1.65. The smallest absolute Gasteiger partial charge is 0.287 e. The van der Waals surface area contributed by atoms with Crippen LogP contribution in [0.5, 0.6) is 5.75 Å². The van der Waals surface area contributed by atoms with Gasteiger partial charge in [0.15, 0.2) is 0 Å². The van der Waals surface area contributed by atoms with E-state index in [0.717, 1.165) is 16.9 Å². The molecule has 0 aliphatic heterocycles. The highest BCUT2D eigenvalue weighted by atomic mass is 16.5. The van der Waals surface area contributed by atoms with Gasteiger partial charge >= 0.3 is 0 Å². The Labute approximate surface area is 107 Å². The topological polar surface area (TPSA) is 55.4 Å². The number of carbonyl (C=O) groups excluding carboxylic acids is 2. The molecule has 1 aromatic carbocycles. The normalized spacial score (nSPS) is 10.3. The molecule has 0 saturated carbocycles. The maximum atomic E-state index is 11.2. The molecule has 0 aromatic heterocycles. The van der Waals surface area contributed by atoms with Crippen LogP contribution in [0.15, 0.2) is 18.2 Å². The van der Waals surface area contributed by atoms with Crippen molar-refractivity contribution < 1.29 is 14.3 Å². The minimum absolute atomic E-state index is 0.336. The van der Waals surface area contributed by atoms with E-state index >= 15 is 0 Å². The zero-order chi connectivity index (χ0) is 13.7. The Kier molecular flexibility index (Phi) is 4.89. The molecule has 0 atom stereocenters. The summed E-state index contributed by atoms with van der Waals surface area (Å²) in [5.74, 6) is 0.138. The van der Waals surface area contributed by atoms with E-state index in [9.17, 15) is 9.59 Å². The average molecular weight is 249 g/mol. The van der Waals surface area contributed by atoms with Gasteiger partial charge in [-0.3, -0.25) is 9.59 Å².